The Hall–Kier alpha value is -2.14. The number of anilines is 1. The lowest BCUT2D eigenvalue weighted by Gasteiger charge is -2.09. The number of thiophene rings is 1. The van der Waals surface area contributed by atoms with Crippen molar-refractivity contribution in [2.75, 3.05) is 11.9 Å². The third-order valence-electron chi connectivity index (χ3n) is 3.70. The highest BCUT2D eigenvalue weighted by Gasteiger charge is 2.21. The second-order valence-corrected chi connectivity index (χ2v) is 6.63. The average molecular weight is 345 g/mol. The van der Waals surface area contributed by atoms with E-state index in [2.05, 4.69) is 24.4 Å². The molecule has 0 spiro atoms. The molecule has 128 valence electrons. The maximum atomic E-state index is 12.2. The third-order valence-corrected chi connectivity index (χ3v) is 4.94. The first-order chi connectivity index (χ1) is 11.6. The normalized spacial score (nSPS) is 11.8. The van der Waals surface area contributed by atoms with Gasteiger partial charge in [-0.1, -0.05) is 44.2 Å². The first-order valence-electron chi connectivity index (χ1n) is 8.22. The lowest BCUT2D eigenvalue weighted by molar-refractivity contribution is -0.116. The monoisotopic (exact) mass is 345 g/mol. The molecule has 5 heteroatoms. The van der Waals surface area contributed by atoms with Crippen LogP contribution in [0.3, 0.4) is 0 Å². The van der Waals surface area contributed by atoms with Crippen molar-refractivity contribution in [2.45, 2.75) is 39.5 Å². The number of nitrogens with one attached hydrogen (secondary N) is 1. The number of benzene rings is 1. The van der Waals surface area contributed by atoms with E-state index in [-0.39, 0.29) is 11.8 Å². The lowest BCUT2D eigenvalue weighted by Crippen LogP contribution is -2.13. The van der Waals surface area contributed by atoms with Gasteiger partial charge in [0.25, 0.3) is 0 Å². The van der Waals surface area contributed by atoms with Gasteiger partial charge in [-0.15, -0.1) is 11.3 Å². The van der Waals surface area contributed by atoms with E-state index >= 15 is 0 Å². The molecular formula is C19H23NO3S. The Morgan fingerprint density at radius 1 is 1.21 bits per heavy atom. The van der Waals surface area contributed by atoms with Crippen molar-refractivity contribution in [1.82, 2.24) is 0 Å². The Kier molecular flexibility index (Phi) is 6.55. The number of ether oxygens (including phenoxy) is 1. The number of esters is 1. The van der Waals surface area contributed by atoms with Crippen LogP contribution in [0.5, 0.6) is 0 Å². The van der Waals surface area contributed by atoms with Gasteiger partial charge >= 0.3 is 5.97 Å². The second-order valence-electron chi connectivity index (χ2n) is 5.54. The van der Waals surface area contributed by atoms with Crippen molar-refractivity contribution in [3.8, 4) is 0 Å². The highest BCUT2D eigenvalue weighted by molar-refractivity contribution is 7.16. The molecule has 1 aromatic carbocycles. The predicted octanol–water partition coefficient (Wildman–Crippen LogP) is 4.82. The summed E-state index contributed by atoms with van der Waals surface area (Å²) in [6, 6.07) is 11.9. The summed E-state index contributed by atoms with van der Waals surface area (Å²) in [6.45, 7) is 6.12. The van der Waals surface area contributed by atoms with Crippen molar-refractivity contribution in [3.63, 3.8) is 0 Å². The van der Waals surface area contributed by atoms with Gasteiger partial charge in [0.2, 0.25) is 5.91 Å². The summed E-state index contributed by atoms with van der Waals surface area (Å²) in [4.78, 5) is 25.2. The van der Waals surface area contributed by atoms with Crippen molar-refractivity contribution in [2.24, 2.45) is 0 Å². The topological polar surface area (TPSA) is 55.4 Å². The van der Waals surface area contributed by atoms with Gasteiger partial charge in [-0.3, -0.25) is 4.79 Å². The number of carbonyl (C=O) groups excluding carboxylic acids is 2. The first-order valence-corrected chi connectivity index (χ1v) is 9.04. The molecule has 1 aromatic heterocycles. The number of hydrogen-bond acceptors (Lipinski definition) is 4. The molecule has 1 N–H and O–H groups in total. The van der Waals surface area contributed by atoms with E-state index in [0.29, 0.717) is 23.6 Å². The molecule has 0 unspecified atom stereocenters. The summed E-state index contributed by atoms with van der Waals surface area (Å²) in [5.74, 6) is -0.336. The molecule has 0 aliphatic rings. The van der Waals surface area contributed by atoms with Crippen LogP contribution < -0.4 is 5.32 Å². The minimum absolute atomic E-state index is 0.0798. The number of carbonyl (C=O) groups is 2. The molecule has 0 saturated heterocycles. The summed E-state index contributed by atoms with van der Waals surface area (Å²) in [5, 5.41) is 3.43. The van der Waals surface area contributed by atoms with E-state index in [1.165, 1.54) is 16.9 Å². The van der Waals surface area contributed by atoms with Crippen molar-refractivity contribution in [3.05, 3.63) is 52.4 Å². The number of rotatable bonds is 7. The summed E-state index contributed by atoms with van der Waals surface area (Å²) in [5.41, 5.74) is 1.60. The lowest BCUT2D eigenvalue weighted by atomic mass is 9.99. The molecule has 0 fully saturated rings. The minimum atomic E-state index is -0.396. The fraction of sp³-hybridized carbons (Fsp3) is 0.368. The van der Waals surface area contributed by atoms with E-state index in [9.17, 15) is 9.59 Å². The van der Waals surface area contributed by atoms with Crippen LogP contribution in [0, 0.1) is 0 Å². The van der Waals surface area contributed by atoms with Crippen LogP contribution in [0.15, 0.2) is 36.4 Å². The van der Waals surface area contributed by atoms with Crippen LogP contribution in [0.2, 0.25) is 0 Å². The quantitative estimate of drug-likeness (QED) is 0.732. The molecule has 0 saturated carbocycles. The second kappa shape index (κ2) is 8.64. The molecule has 2 aromatic rings. The number of amides is 1. The Bertz CT molecular complexity index is 694. The molecule has 1 heterocycles. The van der Waals surface area contributed by atoms with E-state index in [0.717, 1.165) is 11.3 Å². The van der Waals surface area contributed by atoms with Gasteiger partial charge in [-0.2, -0.15) is 0 Å². The summed E-state index contributed by atoms with van der Waals surface area (Å²) in [6.07, 6.45) is 1.20. The average Bonchev–Trinajstić information content (AvgIpc) is 2.99. The zero-order chi connectivity index (χ0) is 17.5. The number of hydrogen-bond donors (Lipinski definition) is 1. The molecule has 0 radical (unpaired) electrons. The van der Waals surface area contributed by atoms with Crippen LogP contribution >= 0.6 is 11.3 Å². The van der Waals surface area contributed by atoms with Gasteiger partial charge in [0.1, 0.15) is 5.00 Å². The fourth-order valence-electron chi connectivity index (χ4n) is 2.40. The van der Waals surface area contributed by atoms with E-state index in [4.69, 9.17) is 4.74 Å². The molecule has 1 amide bonds. The standard InChI is InChI=1S/C19H23NO3S/c1-4-9-17(21)20-18-15(19(22)23-5-2)12-16(24-18)13(3)14-10-7-6-8-11-14/h6-8,10-13H,4-5,9H2,1-3H3,(H,20,21)/t13-/m0/s1. The molecule has 4 nitrogen and oxygen atoms in total. The van der Waals surface area contributed by atoms with Gasteiger partial charge < -0.3 is 10.1 Å². The predicted molar refractivity (Wildman–Crippen MR) is 97.8 cm³/mol. The summed E-state index contributed by atoms with van der Waals surface area (Å²) >= 11 is 1.44. The smallest absolute Gasteiger partial charge is 0.341 e. The maximum Gasteiger partial charge on any atom is 0.341 e. The van der Waals surface area contributed by atoms with E-state index < -0.39 is 5.97 Å². The van der Waals surface area contributed by atoms with Crippen LogP contribution in [0.1, 0.15) is 60.3 Å². The van der Waals surface area contributed by atoms with Gasteiger partial charge in [-0.25, -0.2) is 4.79 Å². The van der Waals surface area contributed by atoms with E-state index in [1.807, 2.05) is 31.2 Å². The van der Waals surface area contributed by atoms with Crippen LogP contribution in [-0.4, -0.2) is 18.5 Å². The molecule has 0 bridgehead atoms. The summed E-state index contributed by atoms with van der Waals surface area (Å²) in [7, 11) is 0. The molecule has 0 aliphatic heterocycles. The highest BCUT2D eigenvalue weighted by atomic mass is 32.1. The Labute approximate surface area is 146 Å². The zero-order valence-electron chi connectivity index (χ0n) is 14.3. The van der Waals surface area contributed by atoms with Gasteiger partial charge in [0.15, 0.2) is 0 Å². The Balaban J connectivity index is 2.32. The molecular weight excluding hydrogens is 322 g/mol. The maximum absolute atomic E-state index is 12.2. The van der Waals surface area contributed by atoms with Gasteiger partial charge in [-0.05, 0) is 25.0 Å². The molecule has 1 atom stereocenters. The zero-order valence-corrected chi connectivity index (χ0v) is 15.1. The van der Waals surface area contributed by atoms with Crippen LogP contribution in [0.4, 0.5) is 5.00 Å². The highest BCUT2D eigenvalue weighted by Crippen LogP contribution is 2.36. The van der Waals surface area contributed by atoms with Crippen molar-refractivity contribution < 1.29 is 14.3 Å². The first kappa shape index (κ1) is 18.2. The third kappa shape index (κ3) is 4.45. The largest absolute Gasteiger partial charge is 0.462 e. The van der Waals surface area contributed by atoms with Crippen LogP contribution in [-0.2, 0) is 9.53 Å². The SMILES string of the molecule is CCCC(=O)Nc1sc([C@@H](C)c2ccccc2)cc1C(=O)OCC. The Morgan fingerprint density at radius 3 is 2.54 bits per heavy atom. The van der Waals surface area contributed by atoms with Gasteiger partial charge in [0.05, 0.1) is 12.2 Å². The molecule has 24 heavy (non-hydrogen) atoms. The Morgan fingerprint density at radius 2 is 1.92 bits per heavy atom. The fourth-order valence-corrected chi connectivity index (χ4v) is 3.54. The molecule has 2 rings (SSSR count). The van der Waals surface area contributed by atoms with Crippen molar-refractivity contribution >= 4 is 28.2 Å². The van der Waals surface area contributed by atoms with Gasteiger partial charge in [0, 0.05) is 17.2 Å². The minimum Gasteiger partial charge on any atom is -0.462 e. The van der Waals surface area contributed by atoms with Crippen molar-refractivity contribution in [1.29, 1.82) is 0 Å². The van der Waals surface area contributed by atoms with Crippen LogP contribution in [0.25, 0.3) is 0 Å². The summed E-state index contributed by atoms with van der Waals surface area (Å²) < 4.78 is 5.13. The molecule has 0 aliphatic carbocycles. The van der Waals surface area contributed by atoms with E-state index in [1.54, 1.807) is 6.92 Å².